The summed E-state index contributed by atoms with van der Waals surface area (Å²) in [4.78, 5) is 12.0. The predicted octanol–water partition coefficient (Wildman–Crippen LogP) is 12.4. The van der Waals surface area contributed by atoms with Crippen molar-refractivity contribution in [2.75, 3.05) is 4.31 Å². The van der Waals surface area contributed by atoms with Crippen molar-refractivity contribution in [3.63, 3.8) is 0 Å². The van der Waals surface area contributed by atoms with E-state index in [1.807, 2.05) is 11.3 Å². The van der Waals surface area contributed by atoms with E-state index in [2.05, 4.69) is 146 Å². The Hall–Kier alpha value is -5.23. The van der Waals surface area contributed by atoms with E-state index in [1.165, 1.54) is 68.9 Å². The summed E-state index contributed by atoms with van der Waals surface area (Å²) in [5.41, 5.74) is 9.18. The third-order valence-corrected chi connectivity index (χ3v) is 11.7. The van der Waals surface area contributed by atoms with Crippen LogP contribution < -0.4 is 4.31 Å². The number of rotatable bonds is 2. The molecule has 0 aliphatic carbocycles. The number of aromatic nitrogens is 2. The van der Waals surface area contributed by atoms with E-state index in [-0.39, 0.29) is 0 Å². The molecule has 1 aliphatic rings. The second kappa shape index (κ2) is 10.1. The zero-order valence-corrected chi connectivity index (χ0v) is 27.4. The molecule has 0 saturated carbocycles. The first-order chi connectivity index (χ1) is 23.1. The van der Waals surface area contributed by atoms with Crippen molar-refractivity contribution in [3.05, 3.63) is 139 Å². The molecule has 0 saturated heterocycles. The Bertz CT molecular complexity index is 2760. The minimum atomic E-state index is 0.692. The van der Waals surface area contributed by atoms with Crippen LogP contribution in [0, 0.1) is 13.8 Å². The van der Waals surface area contributed by atoms with Gasteiger partial charge in [0.25, 0.3) is 0 Å². The van der Waals surface area contributed by atoms with Crippen LogP contribution in [-0.4, -0.2) is 9.97 Å². The molecule has 3 heterocycles. The van der Waals surface area contributed by atoms with E-state index < -0.39 is 0 Å². The van der Waals surface area contributed by atoms with E-state index >= 15 is 0 Å². The monoisotopic (exact) mass is 637 g/mol. The van der Waals surface area contributed by atoms with Gasteiger partial charge in [0.05, 0.1) is 21.6 Å². The number of benzene rings is 7. The topological polar surface area (TPSA) is 29.0 Å². The summed E-state index contributed by atoms with van der Waals surface area (Å²) in [6.45, 7) is 4.32. The third-order valence-electron chi connectivity index (χ3n) is 9.46. The third kappa shape index (κ3) is 3.94. The molecule has 3 nitrogen and oxygen atoms in total. The quantitative estimate of drug-likeness (QED) is 0.176. The van der Waals surface area contributed by atoms with Gasteiger partial charge in [-0.25, -0.2) is 14.3 Å². The maximum Gasteiger partial charge on any atom is 0.241 e. The average Bonchev–Trinajstić information content (AvgIpc) is 3.50. The van der Waals surface area contributed by atoms with Gasteiger partial charge in [0.2, 0.25) is 5.95 Å². The Morgan fingerprint density at radius 3 is 2.17 bits per heavy atom. The summed E-state index contributed by atoms with van der Waals surface area (Å²) < 4.78 is 4.86. The van der Waals surface area contributed by atoms with E-state index in [9.17, 15) is 0 Å². The Morgan fingerprint density at radius 2 is 1.32 bits per heavy atom. The van der Waals surface area contributed by atoms with Crippen molar-refractivity contribution in [3.8, 4) is 22.4 Å². The van der Waals surface area contributed by atoms with E-state index in [0.29, 0.717) is 5.95 Å². The van der Waals surface area contributed by atoms with Crippen molar-refractivity contribution in [1.29, 1.82) is 0 Å². The second-order valence-corrected chi connectivity index (χ2v) is 14.4. The van der Waals surface area contributed by atoms with Crippen molar-refractivity contribution >= 4 is 87.5 Å². The maximum absolute atomic E-state index is 5.46. The highest BCUT2D eigenvalue weighted by Gasteiger charge is 2.33. The standard InChI is InChI=1S/C42H27N3S2/c1-24-19-21-27(25(2)23-24)39-31-15-7-9-17-33(31)43-42(44-39)45-40-38(37-28-12-4-3-11-26(28)20-22-35(37)47-45)30-14-6-5-13-29(30)36-32-16-8-10-18-34(32)46-41(36)40/h3-23H,1-2H3. The molecule has 10 rings (SSSR count). The molecular weight excluding hydrogens is 611 g/mol. The number of hydrogen-bond acceptors (Lipinski definition) is 5. The van der Waals surface area contributed by atoms with Crippen LogP contribution in [0.2, 0.25) is 0 Å². The lowest BCUT2D eigenvalue weighted by Gasteiger charge is -2.32. The molecule has 0 fully saturated rings. The van der Waals surface area contributed by atoms with Gasteiger partial charge < -0.3 is 0 Å². The van der Waals surface area contributed by atoms with Gasteiger partial charge >= 0.3 is 0 Å². The number of hydrogen-bond donors (Lipinski definition) is 0. The fourth-order valence-electron chi connectivity index (χ4n) is 7.40. The Balaban J connectivity index is 1.37. The van der Waals surface area contributed by atoms with Gasteiger partial charge in [0.15, 0.2) is 0 Å². The zero-order chi connectivity index (χ0) is 31.2. The maximum atomic E-state index is 5.46. The predicted molar refractivity (Wildman–Crippen MR) is 202 cm³/mol. The number of para-hydroxylation sites is 1. The van der Waals surface area contributed by atoms with Crippen molar-refractivity contribution < 1.29 is 0 Å². The highest BCUT2D eigenvalue weighted by molar-refractivity contribution is 8.01. The van der Waals surface area contributed by atoms with E-state index in [1.54, 1.807) is 11.9 Å². The van der Waals surface area contributed by atoms with Gasteiger partial charge in [-0.3, -0.25) is 0 Å². The first-order valence-corrected chi connectivity index (χ1v) is 17.4. The molecule has 0 bridgehead atoms. The first kappa shape index (κ1) is 26.9. The number of nitrogens with zero attached hydrogens (tertiary/aromatic N) is 3. The SMILES string of the molecule is Cc1ccc(-c2nc(N3Sc4ccc5ccccc5c4-c4c3c3sc5ccccc5c3c3ccccc43)nc3ccccc23)c(C)c1. The lowest BCUT2D eigenvalue weighted by Crippen LogP contribution is -2.16. The Kier molecular flexibility index (Phi) is 5.81. The highest BCUT2D eigenvalue weighted by atomic mass is 32.2. The van der Waals surface area contributed by atoms with Crippen molar-refractivity contribution in [2.45, 2.75) is 18.7 Å². The highest BCUT2D eigenvalue weighted by Crippen LogP contribution is 2.59. The van der Waals surface area contributed by atoms with Crippen LogP contribution in [0.4, 0.5) is 11.6 Å². The number of fused-ring (bicyclic) bond motifs is 13. The molecular formula is C42H27N3S2. The molecule has 1 aliphatic heterocycles. The molecule has 7 aromatic carbocycles. The first-order valence-electron chi connectivity index (χ1n) is 15.8. The number of anilines is 2. The smallest absolute Gasteiger partial charge is 0.241 e. The lowest BCUT2D eigenvalue weighted by atomic mass is 9.90. The normalized spacial score (nSPS) is 12.8. The average molecular weight is 638 g/mol. The van der Waals surface area contributed by atoms with Crippen molar-refractivity contribution in [1.82, 2.24) is 9.97 Å². The fourth-order valence-corrected chi connectivity index (χ4v) is 9.78. The molecule has 222 valence electrons. The van der Waals surface area contributed by atoms with Crippen molar-refractivity contribution in [2.24, 2.45) is 0 Å². The largest absolute Gasteiger partial charge is 0.246 e. The minimum Gasteiger partial charge on any atom is -0.246 e. The molecule has 0 unspecified atom stereocenters. The molecule has 0 N–H and O–H groups in total. The number of aryl methyl sites for hydroxylation is 2. The molecule has 0 radical (unpaired) electrons. The molecule has 5 heteroatoms. The second-order valence-electron chi connectivity index (χ2n) is 12.3. The van der Waals surface area contributed by atoms with E-state index in [0.717, 1.165) is 27.8 Å². The Morgan fingerprint density at radius 1 is 0.596 bits per heavy atom. The Labute approximate surface area is 280 Å². The fraction of sp³-hybridized carbons (Fsp3) is 0.0476. The van der Waals surface area contributed by atoms with Crippen LogP contribution in [0.3, 0.4) is 0 Å². The summed E-state index contributed by atoms with van der Waals surface area (Å²) in [7, 11) is 0. The number of thiophene rings is 1. The molecule has 0 amide bonds. The molecule has 9 aromatic rings. The van der Waals surface area contributed by atoms with Gasteiger partial charge in [-0.2, -0.15) is 0 Å². The van der Waals surface area contributed by atoms with Gasteiger partial charge in [0.1, 0.15) is 0 Å². The van der Waals surface area contributed by atoms with Crippen LogP contribution in [0.5, 0.6) is 0 Å². The summed E-state index contributed by atoms with van der Waals surface area (Å²) >= 11 is 3.60. The minimum absolute atomic E-state index is 0.692. The molecule has 0 spiro atoms. The molecule has 47 heavy (non-hydrogen) atoms. The van der Waals surface area contributed by atoms with Crippen LogP contribution >= 0.6 is 23.3 Å². The molecule has 0 atom stereocenters. The lowest BCUT2D eigenvalue weighted by molar-refractivity contribution is 1.16. The van der Waals surface area contributed by atoms with Crippen LogP contribution in [-0.2, 0) is 0 Å². The zero-order valence-electron chi connectivity index (χ0n) is 25.8. The van der Waals surface area contributed by atoms with Gasteiger partial charge in [-0.05, 0) is 71.1 Å². The van der Waals surface area contributed by atoms with Gasteiger partial charge in [0, 0.05) is 42.4 Å². The van der Waals surface area contributed by atoms with Crippen LogP contribution in [0.15, 0.2) is 132 Å². The van der Waals surface area contributed by atoms with E-state index in [4.69, 9.17) is 9.97 Å². The van der Waals surface area contributed by atoms with Gasteiger partial charge in [-0.15, -0.1) is 11.3 Å². The summed E-state index contributed by atoms with van der Waals surface area (Å²) in [5, 5.41) is 8.67. The van der Waals surface area contributed by atoms with Crippen LogP contribution in [0.25, 0.3) is 75.0 Å². The summed E-state index contributed by atoms with van der Waals surface area (Å²) in [5.74, 6) is 0.692. The molecule has 2 aromatic heterocycles. The van der Waals surface area contributed by atoms with Crippen LogP contribution in [0.1, 0.15) is 11.1 Å². The summed E-state index contributed by atoms with van der Waals surface area (Å²) in [6, 6.07) is 46.0. The van der Waals surface area contributed by atoms with Gasteiger partial charge in [-0.1, -0.05) is 115 Å². The summed E-state index contributed by atoms with van der Waals surface area (Å²) in [6.07, 6.45) is 0.